The number of nitrogens with one attached hydrogen (secondary N) is 1. The number of H-pyrrole nitrogens is 1. The lowest BCUT2D eigenvalue weighted by molar-refractivity contribution is -0.155. The molecule has 4 rings (SSSR count). The minimum absolute atomic E-state index is 0.0673. The van der Waals surface area contributed by atoms with Gasteiger partial charge in [-0.15, -0.1) is 11.3 Å². The number of halogens is 2. The van der Waals surface area contributed by atoms with Crippen LogP contribution < -0.4 is 0 Å². The number of aromatic nitrogens is 3. The van der Waals surface area contributed by atoms with Gasteiger partial charge in [-0.05, 0) is 19.9 Å². The zero-order chi connectivity index (χ0) is 18.4. The van der Waals surface area contributed by atoms with E-state index in [1.807, 2.05) is 17.2 Å². The molecular weight excluding hydrogens is 360 g/mol. The number of thiazole rings is 1. The molecule has 0 unspecified atom stereocenters. The number of carbonyl (C=O) groups is 1. The molecule has 2 aliphatic heterocycles. The zero-order valence-electron chi connectivity index (χ0n) is 14.5. The summed E-state index contributed by atoms with van der Waals surface area (Å²) in [6, 6.07) is 0. The molecule has 2 saturated heterocycles. The summed E-state index contributed by atoms with van der Waals surface area (Å²) >= 11 is 1.57. The van der Waals surface area contributed by atoms with Crippen LogP contribution in [0.5, 0.6) is 0 Å². The number of aromatic amines is 1. The molecular formula is C17H21F2N5OS. The number of carbonyl (C=O) groups excluding carboxylic acids is 1. The van der Waals surface area contributed by atoms with E-state index in [0.717, 1.165) is 10.7 Å². The van der Waals surface area contributed by atoms with Crippen LogP contribution in [0.1, 0.15) is 34.0 Å². The minimum atomic E-state index is -2.77. The SMILES string of the molecule is Cc1nc(CN2CC[C@@]3(C2)CN(C(=O)c2cnc[nH]2)CCC3(F)F)cs1. The molecule has 140 valence electrons. The van der Waals surface area contributed by atoms with E-state index < -0.39 is 11.3 Å². The number of aryl methyl sites for hydroxylation is 1. The van der Waals surface area contributed by atoms with Gasteiger partial charge < -0.3 is 9.88 Å². The summed E-state index contributed by atoms with van der Waals surface area (Å²) < 4.78 is 29.7. The molecule has 1 atom stereocenters. The van der Waals surface area contributed by atoms with Crippen molar-refractivity contribution in [2.45, 2.75) is 32.2 Å². The number of amides is 1. The lowest BCUT2D eigenvalue weighted by Gasteiger charge is -2.45. The third-order valence-corrected chi connectivity index (χ3v) is 6.29. The Hall–Kier alpha value is -1.87. The second-order valence-electron chi connectivity index (χ2n) is 7.25. The molecule has 1 N–H and O–H groups in total. The summed E-state index contributed by atoms with van der Waals surface area (Å²) in [6.45, 7) is 3.54. The first-order valence-corrected chi connectivity index (χ1v) is 9.55. The van der Waals surface area contributed by atoms with Crippen LogP contribution in [-0.4, -0.2) is 62.8 Å². The average molecular weight is 381 g/mol. The molecule has 0 aromatic carbocycles. The highest BCUT2D eigenvalue weighted by Crippen LogP contribution is 2.49. The van der Waals surface area contributed by atoms with Crippen molar-refractivity contribution in [1.29, 1.82) is 0 Å². The van der Waals surface area contributed by atoms with Gasteiger partial charge in [0.05, 0.1) is 28.6 Å². The van der Waals surface area contributed by atoms with E-state index in [-0.39, 0.29) is 32.0 Å². The van der Waals surface area contributed by atoms with Crippen molar-refractivity contribution >= 4 is 17.2 Å². The highest BCUT2D eigenvalue weighted by atomic mass is 32.1. The van der Waals surface area contributed by atoms with Gasteiger partial charge in [-0.2, -0.15) is 0 Å². The second kappa shape index (κ2) is 6.38. The van der Waals surface area contributed by atoms with Crippen LogP contribution in [0.2, 0.25) is 0 Å². The molecule has 6 nitrogen and oxygen atoms in total. The van der Waals surface area contributed by atoms with Crippen LogP contribution in [0, 0.1) is 12.3 Å². The maximum absolute atomic E-state index is 14.9. The van der Waals surface area contributed by atoms with Crippen LogP contribution in [0.4, 0.5) is 8.78 Å². The van der Waals surface area contributed by atoms with Gasteiger partial charge in [-0.1, -0.05) is 0 Å². The van der Waals surface area contributed by atoms with Crippen molar-refractivity contribution < 1.29 is 13.6 Å². The number of hydrogen-bond donors (Lipinski definition) is 1. The lowest BCUT2D eigenvalue weighted by Crippen LogP contribution is -2.58. The molecule has 0 saturated carbocycles. The molecule has 9 heteroatoms. The maximum atomic E-state index is 14.9. The van der Waals surface area contributed by atoms with Crippen molar-refractivity contribution in [2.24, 2.45) is 5.41 Å². The molecule has 2 aliphatic rings. The molecule has 26 heavy (non-hydrogen) atoms. The maximum Gasteiger partial charge on any atom is 0.271 e. The Morgan fingerprint density at radius 3 is 2.88 bits per heavy atom. The number of likely N-dealkylation sites (tertiary alicyclic amines) is 2. The van der Waals surface area contributed by atoms with E-state index in [1.165, 1.54) is 12.5 Å². The van der Waals surface area contributed by atoms with Crippen molar-refractivity contribution in [3.8, 4) is 0 Å². The molecule has 0 bridgehead atoms. The van der Waals surface area contributed by atoms with E-state index in [4.69, 9.17) is 0 Å². The fourth-order valence-electron chi connectivity index (χ4n) is 4.05. The number of nitrogens with zero attached hydrogens (tertiary/aromatic N) is 4. The van der Waals surface area contributed by atoms with Crippen LogP contribution in [-0.2, 0) is 6.54 Å². The van der Waals surface area contributed by atoms with Gasteiger partial charge in [0, 0.05) is 38.0 Å². The van der Waals surface area contributed by atoms with Crippen molar-refractivity contribution in [1.82, 2.24) is 24.8 Å². The number of imidazole rings is 1. The summed E-state index contributed by atoms with van der Waals surface area (Å²) in [7, 11) is 0. The predicted octanol–water partition coefficient (Wildman–Crippen LogP) is 2.55. The summed E-state index contributed by atoms with van der Waals surface area (Å²) in [5.74, 6) is -3.03. The number of rotatable bonds is 3. The first kappa shape index (κ1) is 17.5. The van der Waals surface area contributed by atoms with Gasteiger partial charge in [-0.25, -0.2) is 18.7 Å². The summed E-state index contributed by atoms with van der Waals surface area (Å²) in [5, 5.41) is 2.96. The minimum Gasteiger partial charge on any atom is -0.341 e. The Labute approximate surface area is 154 Å². The summed E-state index contributed by atoms with van der Waals surface area (Å²) in [5.41, 5.74) is 0.0821. The standard InChI is InChI=1S/C17H21F2N5OS/c1-12-22-13(8-26-12)7-23-4-2-16(9-23)10-24(5-3-17(16,18)19)15(25)14-6-20-11-21-14/h6,8,11H,2-5,7,9-10H2,1H3,(H,20,21)/t16-/m1/s1. The van der Waals surface area contributed by atoms with Gasteiger partial charge in [0.1, 0.15) is 5.69 Å². The Bertz CT molecular complexity index is 793. The molecule has 2 aromatic heterocycles. The molecule has 4 heterocycles. The Morgan fingerprint density at radius 1 is 1.35 bits per heavy atom. The molecule has 0 aliphatic carbocycles. The third-order valence-electron chi connectivity index (χ3n) is 5.47. The normalized spacial score (nSPS) is 25.9. The van der Waals surface area contributed by atoms with Gasteiger partial charge >= 0.3 is 0 Å². The van der Waals surface area contributed by atoms with Crippen molar-refractivity contribution in [2.75, 3.05) is 26.2 Å². The quantitative estimate of drug-likeness (QED) is 0.888. The monoisotopic (exact) mass is 381 g/mol. The molecule has 1 amide bonds. The molecule has 2 aromatic rings. The van der Waals surface area contributed by atoms with Crippen LogP contribution in [0.25, 0.3) is 0 Å². The van der Waals surface area contributed by atoms with E-state index >= 15 is 0 Å². The number of hydrogen-bond acceptors (Lipinski definition) is 5. The first-order valence-electron chi connectivity index (χ1n) is 8.67. The predicted molar refractivity (Wildman–Crippen MR) is 93.2 cm³/mol. The van der Waals surface area contributed by atoms with E-state index in [9.17, 15) is 13.6 Å². The Kier molecular flexibility index (Phi) is 4.31. The fourth-order valence-corrected chi connectivity index (χ4v) is 4.65. The van der Waals surface area contributed by atoms with Crippen LogP contribution >= 0.6 is 11.3 Å². The average Bonchev–Trinajstić information content (AvgIpc) is 3.33. The largest absolute Gasteiger partial charge is 0.341 e. The summed E-state index contributed by atoms with van der Waals surface area (Å²) in [4.78, 5) is 27.2. The lowest BCUT2D eigenvalue weighted by atomic mass is 9.75. The van der Waals surface area contributed by atoms with E-state index in [1.54, 1.807) is 16.2 Å². The highest BCUT2D eigenvalue weighted by molar-refractivity contribution is 7.09. The fraction of sp³-hybridized carbons (Fsp3) is 0.588. The zero-order valence-corrected chi connectivity index (χ0v) is 15.4. The smallest absolute Gasteiger partial charge is 0.271 e. The Balaban J connectivity index is 1.50. The summed E-state index contributed by atoms with van der Waals surface area (Å²) in [6.07, 6.45) is 2.95. The van der Waals surface area contributed by atoms with Crippen LogP contribution in [0.15, 0.2) is 17.9 Å². The molecule has 2 fully saturated rings. The Morgan fingerprint density at radius 2 is 2.19 bits per heavy atom. The molecule has 0 radical (unpaired) electrons. The third kappa shape index (κ3) is 3.03. The van der Waals surface area contributed by atoms with Crippen LogP contribution in [0.3, 0.4) is 0 Å². The number of alkyl halides is 2. The van der Waals surface area contributed by atoms with Crippen molar-refractivity contribution in [3.05, 3.63) is 34.3 Å². The molecule has 1 spiro atoms. The first-order chi connectivity index (χ1) is 12.4. The van der Waals surface area contributed by atoms with Gasteiger partial charge in [-0.3, -0.25) is 9.69 Å². The number of piperidine rings is 1. The van der Waals surface area contributed by atoms with Crippen molar-refractivity contribution in [3.63, 3.8) is 0 Å². The second-order valence-corrected chi connectivity index (χ2v) is 8.31. The van der Waals surface area contributed by atoms with E-state index in [0.29, 0.717) is 25.2 Å². The van der Waals surface area contributed by atoms with E-state index in [2.05, 4.69) is 15.0 Å². The van der Waals surface area contributed by atoms with Gasteiger partial charge in [0.15, 0.2) is 0 Å². The highest BCUT2D eigenvalue weighted by Gasteiger charge is 2.59. The topological polar surface area (TPSA) is 65.1 Å². The van der Waals surface area contributed by atoms with Gasteiger partial charge in [0.25, 0.3) is 11.8 Å². The van der Waals surface area contributed by atoms with Gasteiger partial charge in [0.2, 0.25) is 0 Å².